The van der Waals surface area contributed by atoms with Crippen molar-refractivity contribution >= 4 is 43.7 Å². The zero-order valence-corrected chi connectivity index (χ0v) is 17.2. The van der Waals surface area contributed by atoms with Crippen molar-refractivity contribution in [1.82, 2.24) is 4.90 Å². The van der Waals surface area contributed by atoms with Gasteiger partial charge >= 0.3 is 0 Å². The number of hydrogen-bond acceptors (Lipinski definition) is 7. The van der Waals surface area contributed by atoms with E-state index >= 15 is 0 Å². The van der Waals surface area contributed by atoms with Crippen LogP contribution in [0.3, 0.4) is 0 Å². The summed E-state index contributed by atoms with van der Waals surface area (Å²) in [4.78, 5) is 6.55. The maximum atomic E-state index is 6.22. The molecule has 6 nitrogen and oxygen atoms in total. The molecule has 150 valence electrons. The van der Waals surface area contributed by atoms with Crippen molar-refractivity contribution in [3.05, 3.63) is 73.3 Å². The lowest BCUT2D eigenvalue weighted by atomic mass is 10.2. The quantitative estimate of drug-likeness (QED) is 0.441. The van der Waals surface area contributed by atoms with Gasteiger partial charge in [0.2, 0.25) is 0 Å². The van der Waals surface area contributed by atoms with E-state index in [2.05, 4.69) is 63.7 Å². The SMILES string of the molecule is CN1C=CN(c2cccc(Oc3cccc(N4CNc5sc6ccoc6c54)c3)c2)C1. The summed E-state index contributed by atoms with van der Waals surface area (Å²) in [6, 6.07) is 18.4. The van der Waals surface area contributed by atoms with Gasteiger partial charge in [0.25, 0.3) is 0 Å². The van der Waals surface area contributed by atoms with Crippen LogP contribution < -0.4 is 19.9 Å². The first-order valence-electron chi connectivity index (χ1n) is 9.79. The van der Waals surface area contributed by atoms with Crippen LogP contribution in [0.25, 0.3) is 10.3 Å². The molecule has 6 rings (SSSR count). The Morgan fingerprint density at radius 2 is 1.80 bits per heavy atom. The highest BCUT2D eigenvalue weighted by molar-refractivity contribution is 7.23. The number of anilines is 4. The van der Waals surface area contributed by atoms with Crippen molar-refractivity contribution < 1.29 is 9.15 Å². The molecule has 2 aromatic heterocycles. The summed E-state index contributed by atoms with van der Waals surface area (Å²) < 4.78 is 13.1. The summed E-state index contributed by atoms with van der Waals surface area (Å²) in [5, 5.41) is 4.61. The summed E-state index contributed by atoms with van der Waals surface area (Å²) >= 11 is 1.72. The molecule has 0 radical (unpaired) electrons. The van der Waals surface area contributed by atoms with Crippen molar-refractivity contribution in [3.63, 3.8) is 0 Å². The molecule has 0 spiro atoms. The van der Waals surface area contributed by atoms with Crippen LogP contribution in [0.2, 0.25) is 0 Å². The predicted molar refractivity (Wildman–Crippen MR) is 122 cm³/mol. The van der Waals surface area contributed by atoms with Crippen LogP contribution in [0.1, 0.15) is 0 Å². The van der Waals surface area contributed by atoms with Gasteiger partial charge in [0.1, 0.15) is 22.2 Å². The van der Waals surface area contributed by atoms with Gasteiger partial charge in [-0.1, -0.05) is 12.1 Å². The molecule has 0 saturated heterocycles. The van der Waals surface area contributed by atoms with Crippen molar-refractivity contribution in [2.45, 2.75) is 0 Å². The largest absolute Gasteiger partial charge is 0.461 e. The van der Waals surface area contributed by atoms with Gasteiger partial charge < -0.3 is 29.2 Å². The summed E-state index contributed by atoms with van der Waals surface area (Å²) in [6.45, 7) is 1.55. The average molecular weight is 417 g/mol. The first-order valence-corrected chi connectivity index (χ1v) is 10.6. The minimum absolute atomic E-state index is 0.714. The molecule has 30 heavy (non-hydrogen) atoms. The number of nitrogens with one attached hydrogen (secondary N) is 1. The molecule has 2 aromatic carbocycles. The molecule has 0 amide bonds. The predicted octanol–water partition coefficient (Wildman–Crippen LogP) is 5.99. The van der Waals surface area contributed by atoms with Crippen molar-refractivity contribution in [1.29, 1.82) is 0 Å². The van der Waals surface area contributed by atoms with E-state index in [4.69, 9.17) is 9.15 Å². The maximum absolute atomic E-state index is 6.22. The Morgan fingerprint density at radius 3 is 2.60 bits per heavy atom. The van der Waals surface area contributed by atoms with Crippen molar-refractivity contribution in [2.75, 3.05) is 35.5 Å². The van der Waals surface area contributed by atoms with Crippen molar-refractivity contribution in [3.8, 4) is 11.5 Å². The van der Waals surface area contributed by atoms with Crippen LogP contribution >= 0.6 is 11.3 Å². The van der Waals surface area contributed by atoms with Gasteiger partial charge in [-0.05, 0) is 30.3 Å². The highest BCUT2D eigenvalue weighted by Crippen LogP contribution is 2.49. The van der Waals surface area contributed by atoms with E-state index in [1.165, 1.54) is 0 Å². The summed E-state index contributed by atoms with van der Waals surface area (Å²) in [6.07, 6.45) is 5.89. The molecule has 0 atom stereocenters. The molecule has 0 aliphatic carbocycles. The van der Waals surface area contributed by atoms with Gasteiger partial charge in [-0.25, -0.2) is 0 Å². The van der Waals surface area contributed by atoms with Gasteiger partial charge in [-0.3, -0.25) is 0 Å². The summed E-state index contributed by atoms with van der Waals surface area (Å²) in [5.74, 6) is 1.62. The molecule has 1 N–H and O–H groups in total. The lowest BCUT2D eigenvalue weighted by Gasteiger charge is -2.20. The number of benzene rings is 2. The molecule has 0 fully saturated rings. The van der Waals surface area contributed by atoms with E-state index < -0.39 is 0 Å². The molecule has 0 bridgehead atoms. The molecule has 4 heterocycles. The summed E-state index contributed by atoms with van der Waals surface area (Å²) in [7, 11) is 2.06. The number of rotatable bonds is 4. The fourth-order valence-electron chi connectivity index (χ4n) is 3.90. The van der Waals surface area contributed by atoms with Gasteiger partial charge in [-0.2, -0.15) is 0 Å². The molecular formula is C23H20N4O2S. The summed E-state index contributed by atoms with van der Waals surface area (Å²) in [5.41, 5.74) is 4.21. The Bertz CT molecular complexity index is 1260. The van der Waals surface area contributed by atoms with Gasteiger partial charge in [0, 0.05) is 43.0 Å². The molecule has 0 unspecified atom stereocenters. The Balaban J connectivity index is 1.27. The highest BCUT2D eigenvalue weighted by atomic mass is 32.1. The Hall–Kier alpha value is -3.58. The van der Waals surface area contributed by atoms with Crippen LogP contribution in [0, 0.1) is 0 Å². The Morgan fingerprint density at radius 1 is 1.00 bits per heavy atom. The lowest BCUT2D eigenvalue weighted by Crippen LogP contribution is -2.21. The third-order valence-corrected chi connectivity index (χ3v) is 6.41. The number of furan rings is 1. The highest BCUT2D eigenvalue weighted by Gasteiger charge is 2.27. The van der Waals surface area contributed by atoms with Gasteiger partial charge in [-0.15, -0.1) is 11.3 Å². The third kappa shape index (κ3) is 2.86. The minimum atomic E-state index is 0.714. The Kier molecular flexibility index (Phi) is 3.89. The second-order valence-electron chi connectivity index (χ2n) is 7.42. The molecule has 0 saturated carbocycles. The fraction of sp³-hybridized carbons (Fsp3) is 0.130. The minimum Gasteiger partial charge on any atom is -0.461 e. The lowest BCUT2D eigenvalue weighted by molar-refractivity contribution is 0.481. The average Bonchev–Trinajstić information content (AvgIpc) is 3.51. The first kappa shape index (κ1) is 17.3. The zero-order valence-electron chi connectivity index (χ0n) is 16.4. The van der Waals surface area contributed by atoms with E-state index in [9.17, 15) is 0 Å². The van der Waals surface area contributed by atoms with E-state index in [0.717, 1.165) is 50.5 Å². The van der Waals surface area contributed by atoms with Gasteiger partial charge in [0.15, 0.2) is 5.58 Å². The van der Waals surface area contributed by atoms with Crippen molar-refractivity contribution in [2.24, 2.45) is 0 Å². The number of ether oxygens (including phenoxy) is 1. The van der Waals surface area contributed by atoms with Crippen LogP contribution in [0.4, 0.5) is 22.1 Å². The van der Waals surface area contributed by atoms with E-state index in [1.54, 1.807) is 17.6 Å². The van der Waals surface area contributed by atoms with Crippen LogP contribution in [-0.2, 0) is 0 Å². The normalized spacial score (nSPS) is 15.2. The maximum Gasteiger partial charge on any atom is 0.170 e. The van der Waals surface area contributed by atoms with Crippen LogP contribution in [0.15, 0.2) is 77.7 Å². The molecule has 2 aliphatic heterocycles. The molecular weight excluding hydrogens is 396 g/mol. The van der Waals surface area contributed by atoms with Crippen LogP contribution in [0.5, 0.6) is 11.5 Å². The smallest absolute Gasteiger partial charge is 0.170 e. The standard InChI is InChI=1S/C23H20N4O2S/c1-25-9-10-26(15-25)16-4-2-6-18(12-16)29-19-7-3-5-17(13-19)27-14-24-23-21(27)22-20(30-23)8-11-28-22/h2-13,24H,14-15H2,1H3. The number of thiophene rings is 1. The van der Waals surface area contributed by atoms with E-state index in [-0.39, 0.29) is 0 Å². The zero-order chi connectivity index (χ0) is 20.1. The van der Waals surface area contributed by atoms with E-state index in [0.29, 0.717) is 6.67 Å². The number of fused-ring (bicyclic) bond motifs is 3. The second-order valence-corrected chi connectivity index (χ2v) is 8.47. The third-order valence-electron chi connectivity index (χ3n) is 5.33. The van der Waals surface area contributed by atoms with Gasteiger partial charge in [0.05, 0.1) is 24.3 Å². The molecule has 2 aliphatic rings. The number of hydrogen-bond donors (Lipinski definition) is 1. The van der Waals surface area contributed by atoms with Crippen LogP contribution in [-0.4, -0.2) is 25.3 Å². The fourth-order valence-corrected chi connectivity index (χ4v) is 4.92. The molecule has 7 heteroatoms. The van der Waals surface area contributed by atoms with E-state index in [1.807, 2.05) is 30.3 Å². The topological polar surface area (TPSA) is 44.1 Å². The Labute approximate surface area is 178 Å². The monoisotopic (exact) mass is 416 g/mol. The number of nitrogens with zero attached hydrogens (tertiary/aromatic N) is 3. The second kappa shape index (κ2) is 6.74. The first-order chi connectivity index (χ1) is 14.7. The molecule has 4 aromatic rings.